The van der Waals surface area contributed by atoms with E-state index in [0.29, 0.717) is 12.1 Å². The molecule has 2 unspecified atom stereocenters. The van der Waals surface area contributed by atoms with E-state index in [0.717, 1.165) is 0 Å². The summed E-state index contributed by atoms with van der Waals surface area (Å²) >= 11 is 3.69. The molecule has 0 aliphatic carbocycles. The molecule has 84 valence electrons. The fraction of sp³-hybridized carbons (Fsp3) is 0.333. The summed E-state index contributed by atoms with van der Waals surface area (Å²) in [5.41, 5.74) is -0.672. The van der Waals surface area contributed by atoms with Crippen molar-refractivity contribution in [2.45, 2.75) is 12.2 Å². The quantitative estimate of drug-likeness (QED) is 0.592. The van der Waals surface area contributed by atoms with E-state index in [4.69, 9.17) is 5.11 Å². The lowest BCUT2D eigenvalue weighted by Crippen LogP contribution is -2.21. The van der Waals surface area contributed by atoms with Crippen molar-refractivity contribution >= 4 is 12.6 Å². The van der Waals surface area contributed by atoms with Crippen LogP contribution in [0.25, 0.3) is 0 Å². The molecular formula is C9H10F2O3S. The van der Waals surface area contributed by atoms with Gasteiger partial charge in [0.1, 0.15) is 23.5 Å². The van der Waals surface area contributed by atoms with Crippen LogP contribution >= 0.6 is 12.6 Å². The molecule has 3 nitrogen and oxygen atoms in total. The molecule has 0 saturated heterocycles. The number of halogens is 2. The summed E-state index contributed by atoms with van der Waals surface area (Å²) in [5.74, 6) is -2.94. The van der Waals surface area contributed by atoms with Crippen LogP contribution < -0.4 is 0 Å². The smallest absolute Gasteiger partial charge is 0.135 e. The van der Waals surface area contributed by atoms with Gasteiger partial charge in [0.25, 0.3) is 0 Å². The predicted molar refractivity (Wildman–Crippen MR) is 52.8 cm³/mol. The first-order chi connectivity index (χ1) is 6.97. The van der Waals surface area contributed by atoms with Crippen molar-refractivity contribution < 1.29 is 24.1 Å². The van der Waals surface area contributed by atoms with Crippen molar-refractivity contribution in [2.75, 3.05) is 5.75 Å². The summed E-state index contributed by atoms with van der Waals surface area (Å²) in [6.07, 6.45) is -3.08. The van der Waals surface area contributed by atoms with Gasteiger partial charge < -0.3 is 15.3 Å². The number of benzene rings is 1. The normalized spacial score (nSPS) is 15.0. The fourth-order valence-electron chi connectivity index (χ4n) is 1.15. The Morgan fingerprint density at radius 2 is 1.67 bits per heavy atom. The highest BCUT2D eigenvalue weighted by Crippen LogP contribution is 2.27. The van der Waals surface area contributed by atoms with Gasteiger partial charge in [-0.1, -0.05) is 0 Å². The molecule has 1 rings (SSSR count). The number of hydrogen-bond acceptors (Lipinski definition) is 4. The number of phenols is 1. The summed E-state index contributed by atoms with van der Waals surface area (Å²) in [6, 6.07) is 1.32. The molecule has 1 aromatic carbocycles. The van der Waals surface area contributed by atoms with Crippen LogP contribution in [-0.4, -0.2) is 27.2 Å². The molecule has 6 heteroatoms. The molecule has 1 aromatic rings. The largest absolute Gasteiger partial charge is 0.508 e. The minimum Gasteiger partial charge on any atom is -0.508 e. The van der Waals surface area contributed by atoms with Gasteiger partial charge in [0, 0.05) is 17.9 Å². The van der Waals surface area contributed by atoms with E-state index in [1.165, 1.54) is 0 Å². The molecule has 2 atom stereocenters. The van der Waals surface area contributed by atoms with Crippen molar-refractivity contribution in [3.63, 3.8) is 0 Å². The third-order valence-electron chi connectivity index (χ3n) is 1.91. The van der Waals surface area contributed by atoms with E-state index in [1.54, 1.807) is 0 Å². The topological polar surface area (TPSA) is 60.7 Å². The summed E-state index contributed by atoms with van der Waals surface area (Å²) in [5, 5.41) is 27.4. The van der Waals surface area contributed by atoms with Crippen LogP contribution in [0.3, 0.4) is 0 Å². The number of phenolic OH excluding ortho intramolecular Hbond substituents is 1. The van der Waals surface area contributed by atoms with E-state index in [-0.39, 0.29) is 5.75 Å². The maximum atomic E-state index is 13.2. The Balaban J connectivity index is 3.13. The van der Waals surface area contributed by atoms with Crippen LogP contribution in [0.15, 0.2) is 12.1 Å². The molecular weight excluding hydrogens is 226 g/mol. The zero-order chi connectivity index (χ0) is 11.6. The maximum absolute atomic E-state index is 13.2. The Kier molecular flexibility index (Phi) is 3.90. The SMILES string of the molecule is Oc1cc(F)c(C(O)C(O)CS)c(F)c1. The highest BCUT2D eigenvalue weighted by molar-refractivity contribution is 7.80. The summed E-state index contributed by atoms with van der Waals surface area (Å²) in [4.78, 5) is 0. The fourth-order valence-corrected chi connectivity index (χ4v) is 1.35. The van der Waals surface area contributed by atoms with Crippen molar-refractivity contribution in [1.29, 1.82) is 0 Å². The molecule has 0 amide bonds. The maximum Gasteiger partial charge on any atom is 0.135 e. The molecule has 0 bridgehead atoms. The molecule has 0 aromatic heterocycles. The zero-order valence-electron chi connectivity index (χ0n) is 7.56. The van der Waals surface area contributed by atoms with Gasteiger partial charge in [0.15, 0.2) is 0 Å². The Morgan fingerprint density at radius 1 is 1.20 bits per heavy atom. The average molecular weight is 236 g/mol. The second-order valence-corrected chi connectivity index (χ2v) is 3.38. The third kappa shape index (κ3) is 2.58. The van der Waals surface area contributed by atoms with E-state index < -0.39 is 35.2 Å². The number of aromatic hydroxyl groups is 1. The number of rotatable bonds is 3. The van der Waals surface area contributed by atoms with Gasteiger partial charge in [-0.2, -0.15) is 12.6 Å². The van der Waals surface area contributed by atoms with E-state index in [1.807, 2.05) is 0 Å². The lowest BCUT2D eigenvalue weighted by atomic mass is 10.0. The monoisotopic (exact) mass is 236 g/mol. The summed E-state index contributed by atoms with van der Waals surface area (Å²) in [7, 11) is 0. The Morgan fingerprint density at radius 3 is 2.07 bits per heavy atom. The van der Waals surface area contributed by atoms with E-state index in [2.05, 4.69) is 12.6 Å². The van der Waals surface area contributed by atoms with Crippen LogP contribution in [0.4, 0.5) is 8.78 Å². The second kappa shape index (κ2) is 4.78. The van der Waals surface area contributed by atoms with Crippen molar-refractivity contribution in [1.82, 2.24) is 0 Å². The zero-order valence-corrected chi connectivity index (χ0v) is 8.46. The Labute approximate surface area is 90.4 Å². The van der Waals surface area contributed by atoms with Crippen molar-refractivity contribution in [3.05, 3.63) is 29.3 Å². The number of thiol groups is 1. The molecule has 0 aliphatic heterocycles. The van der Waals surface area contributed by atoms with Gasteiger partial charge in [0.2, 0.25) is 0 Å². The Bertz CT molecular complexity index is 336. The second-order valence-electron chi connectivity index (χ2n) is 3.02. The van der Waals surface area contributed by atoms with Crippen LogP contribution in [-0.2, 0) is 0 Å². The number of aliphatic hydroxyl groups excluding tert-OH is 2. The average Bonchev–Trinajstić information content (AvgIpc) is 2.14. The molecule has 3 N–H and O–H groups in total. The number of aliphatic hydroxyl groups is 2. The molecule has 0 saturated carbocycles. The first-order valence-electron chi connectivity index (χ1n) is 4.12. The van der Waals surface area contributed by atoms with Crippen LogP contribution in [0.1, 0.15) is 11.7 Å². The van der Waals surface area contributed by atoms with Crippen LogP contribution in [0.5, 0.6) is 5.75 Å². The van der Waals surface area contributed by atoms with Crippen LogP contribution in [0.2, 0.25) is 0 Å². The molecule has 0 fully saturated rings. The van der Waals surface area contributed by atoms with Gasteiger partial charge in [-0.15, -0.1) is 0 Å². The summed E-state index contributed by atoms with van der Waals surface area (Å²) < 4.78 is 26.3. The van der Waals surface area contributed by atoms with Crippen molar-refractivity contribution in [2.24, 2.45) is 0 Å². The number of hydrogen-bond donors (Lipinski definition) is 4. The van der Waals surface area contributed by atoms with E-state index in [9.17, 15) is 19.0 Å². The van der Waals surface area contributed by atoms with Crippen LogP contribution in [0, 0.1) is 11.6 Å². The molecule has 0 aliphatic rings. The minimum absolute atomic E-state index is 0.138. The first kappa shape index (κ1) is 12.2. The highest BCUT2D eigenvalue weighted by Gasteiger charge is 2.24. The lowest BCUT2D eigenvalue weighted by Gasteiger charge is -2.17. The van der Waals surface area contributed by atoms with Gasteiger partial charge >= 0.3 is 0 Å². The molecule has 0 radical (unpaired) electrons. The molecule has 15 heavy (non-hydrogen) atoms. The minimum atomic E-state index is -1.71. The highest BCUT2D eigenvalue weighted by atomic mass is 32.1. The predicted octanol–water partition coefficient (Wildman–Crippen LogP) is 0.994. The van der Waals surface area contributed by atoms with Gasteiger partial charge in [0.05, 0.1) is 11.7 Å². The van der Waals surface area contributed by atoms with Gasteiger partial charge in [-0.25, -0.2) is 8.78 Å². The standard InChI is InChI=1S/C9H10F2O3S/c10-5-1-4(12)2-6(11)8(5)9(14)7(13)3-15/h1-2,7,9,12-15H,3H2. The molecule has 0 spiro atoms. The first-order valence-corrected chi connectivity index (χ1v) is 4.75. The molecule has 0 heterocycles. The summed E-state index contributed by atoms with van der Waals surface area (Å²) in [6.45, 7) is 0. The van der Waals surface area contributed by atoms with Gasteiger partial charge in [-0.05, 0) is 0 Å². The lowest BCUT2D eigenvalue weighted by molar-refractivity contribution is 0.0290. The van der Waals surface area contributed by atoms with Gasteiger partial charge in [-0.3, -0.25) is 0 Å². The van der Waals surface area contributed by atoms with E-state index >= 15 is 0 Å². The van der Waals surface area contributed by atoms with Crippen molar-refractivity contribution in [3.8, 4) is 5.75 Å². The third-order valence-corrected chi connectivity index (χ3v) is 2.29. The Hall–Kier alpha value is -0.850.